The van der Waals surface area contributed by atoms with Gasteiger partial charge < -0.3 is 5.73 Å². The second-order valence-electron chi connectivity index (χ2n) is 5.16. The normalized spacial score (nSPS) is 12.4. The van der Waals surface area contributed by atoms with Crippen LogP contribution in [0.15, 0.2) is 75.4 Å². The van der Waals surface area contributed by atoms with Crippen LogP contribution in [-0.4, -0.2) is 21.4 Å². The van der Waals surface area contributed by atoms with Gasteiger partial charge >= 0.3 is 0 Å². The van der Waals surface area contributed by atoms with Crippen LogP contribution in [0, 0.1) is 0 Å². The number of benzene rings is 3. The average Bonchev–Trinajstić information content (AvgIpc) is 2.53. The van der Waals surface area contributed by atoms with E-state index in [-0.39, 0.29) is 10.3 Å². The van der Waals surface area contributed by atoms with Crippen LogP contribution in [-0.2, 0) is 20.0 Å². The molecule has 0 aliphatic rings. The summed E-state index contributed by atoms with van der Waals surface area (Å²) in [4.78, 5) is -1.22. The molecule has 0 fully saturated rings. The molecule has 0 bridgehead atoms. The zero-order valence-electron chi connectivity index (χ0n) is 12.2. The first-order valence-electron chi connectivity index (χ1n) is 6.81. The van der Waals surface area contributed by atoms with E-state index in [9.17, 15) is 21.4 Å². The van der Waals surface area contributed by atoms with Crippen LogP contribution < -0.4 is 5.73 Å². The number of nitrogen functional groups attached to an aromatic ring is 1. The molecular formula is C16H13NO5S2. The number of rotatable bonds is 3. The standard InChI is InChI=1S/C16H13NO5S2/c17-12-6-8-13(9-7-12)23(18,19)15-10-5-11-3-1-2-4-14(11)16(15)24(20,21)22/h1-10H,17H2,(H,20,21,22). The summed E-state index contributed by atoms with van der Waals surface area (Å²) in [5.74, 6) is 0. The first-order valence-corrected chi connectivity index (χ1v) is 9.73. The van der Waals surface area contributed by atoms with Crippen LogP contribution in [0.2, 0.25) is 0 Å². The number of fused-ring (bicyclic) bond motifs is 1. The largest absolute Gasteiger partial charge is 0.399 e. The molecule has 0 aliphatic carbocycles. The smallest absolute Gasteiger partial charge is 0.296 e. The fraction of sp³-hybridized carbons (Fsp3) is 0. The van der Waals surface area contributed by atoms with E-state index >= 15 is 0 Å². The highest BCUT2D eigenvalue weighted by atomic mass is 32.2. The minimum Gasteiger partial charge on any atom is -0.399 e. The summed E-state index contributed by atoms with van der Waals surface area (Å²) in [5, 5.41) is 0.637. The predicted molar refractivity (Wildman–Crippen MR) is 90.1 cm³/mol. The Morgan fingerprint density at radius 2 is 1.42 bits per heavy atom. The minimum absolute atomic E-state index is 0.114. The van der Waals surface area contributed by atoms with Crippen molar-refractivity contribution in [1.29, 1.82) is 0 Å². The highest BCUT2D eigenvalue weighted by Crippen LogP contribution is 2.33. The van der Waals surface area contributed by atoms with Crippen molar-refractivity contribution in [2.45, 2.75) is 14.7 Å². The molecule has 24 heavy (non-hydrogen) atoms. The fourth-order valence-corrected chi connectivity index (χ4v) is 5.26. The molecule has 0 saturated carbocycles. The molecule has 0 atom stereocenters. The zero-order chi connectivity index (χ0) is 17.5. The van der Waals surface area contributed by atoms with Crippen LogP contribution in [0.4, 0.5) is 5.69 Å². The maximum absolute atomic E-state index is 12.8. The number of nitrogens with two attached hydrogens (primary N) is 1. The molecule has 3 N–H and O–H groups in total. The number of sulfone groups is 1. The van der Waals surface area contributed by atoms with Crippen molar-refractivity contribution in [1.82, 2.24) is 0 Å². The van der Waals surface area contributed by atoms with Crippen LogP contribution in [0.3, 0.4) is 0 Å². The minimum atomic E-state index is -4.76. The van der Waals surface area contributed by atoms with Crippen LogP contribution in [0.1, 0.15) is 0 Å². The number of anilines is 1. The summed E-state index contributed by atoms with van der Waals surface area (Å²) < 4.78 is 59.0. The quantitative estimate of drug-likeness (QED) is 0.546. The molecule has 3 aromatic carbocycles. The summed E-state index contributed by atoms with van der Waals surface area (Å²) in [7, 11) is -8.92. The van der Waals surface area contributed by atoms with Crippen molar-refractivity contribution in [2.75, 3.05) is 5.73 Å². The SMILES string of the molecule is Nc1ccc(S(=O)(=O)c2ccc3ccccc3c2S(=O)(=O)O)cc1. The lowest BCUT2D eigenvalue weighted by Crippen LogP contribution is -2.10. The Balaban J connectivity index is 2.40. The molecule has 3 rings (SSSR count). The van der Waals surface area contributed by atoms with Gasteiger partial charge in [-0.3, -0.25) is 4.55 Å². The molecule has 0 heterocycles. The third-order valence-electron chi connectivity index (χ3n) is 3.58. The molecule has 8 heteroatoms. The summed E-state index contributed by atoms with van der Waals surface area (Å²) in [6.45, 7) is 0. The molecule has 0 aliphatic heterocycles. The van der Waals surface area contributed by atoms with Crippen molar-refractivity contribution in [3.05, 3.63) is 60.7 Å². The van der Waals surface area contributed by atoms with E-state index in [1.807, 2.05) is 0 Å². The molecule has 0 amide bonds. The topological polar surface area (TPSA) is 115 Å². The van der Waals surface area contributed by atoms with Gasteiger partial charge in [-0.1, -0.05) is 30.3 Å². The third-order valence-corrected chi connectivity index (χ3v) is 6.48. The molecule has 6 nitrogen and oxygen atoms in total. The molecule has 3 aromatic rings. The lowest BCUT2D eigenvalue weighted by molar-refractivity contribution is 0.481. The van der Waals surface area contributed by atoms with E-state index in [0.29, 0.717) is 11.1 Å². The van der Waals surface area contributed by atoms with Gasteiger partial charge in [-0.25, -0.2) is 8.42 Å². The van der Waals surface area contributed by atoms with Gasteiger partial charge in [0, 0.05) is 11.1 Å². The Kier molecular flexibility index (Phi) is 3.83. The van der Waals surface area contributed by atoms with Crippen molar-refractivity contribution < 1.29 is 21.4 Å². The Bertz CT molecular complexity index is 1130. The van der Waals surface area contributed by atoms with Gasteiger partial charge in [0.15, 0.2) is 0 Å². The van der Waals surface area contributed by atoms with Gasteiger partial charge in [0.1, 0.15) is 4.90 Å². The van der Waals surface area contributed by atoms with Crippen molar-refractivity contribution in [2.24, 2.45) is 0 Å². The fourth-order valence-electron chi connectivity index (χ4n) is 2.47. The highest BCUT2D eigenvalue weighted by Gasteiger charge is 2.28. The molecule has 0 radical (unpaired) electrons. The van der Waals surface area contributed by atoms with E-state index < -0.39 is 29.7 Å². The Hall–Kier alpha value is -2.42. The molecule has 0 aromatic heterocycles. The second kappa shape index (κ2) is 5.59. The first-order chi connectivity index (χ1) is 11.2. The Labute approximate surface area is 139 Å². The summed E-state index contributed by atoms with van der Waals surface area (Å²) in [6, 6.07) is 14.4. The van der Waals surface area contributed by atoms with Gasteiger partial charge in [0.2, 0.25) is 9.84 Å². The maximum atomic E-state index is 12.8. The second-order valence-corrected chi connectivity index (χ2v) is 8.44. The average molecular weight is 363 g/mol. The Morgan fingerprint density at radius 3 is 2.04 bits per heavy atom. The van der Waals surface area contributed by atoms with Gasteiger partial charge in [-0.05, 0) is 35.7 Å². The van der Waals surface area contributed by atoms with E-state index in [4.69, 9.17) is 5.73 Å². The van der Waals surface area contributed by atoms with E-state index in [2.05, 4.69) is 0 Å². The summed E-state index contributed by atoms with van der Waals surface area (Å²) >= 11 is 0. The van der Waals surface area contributed by atoms with Gasteiger partial charge in [0.25, 0.3) is 10.1 Å². The number of hydrogen-bond acceptors (Lipinski definition) is 5. The van der Waals surface area contributed by atoms with Gasteiger partial charge in [0.05, 0.1) is 9.79 Å². The molecule has 0 spiro atoms. The zero-order valence-corrected chi connectivity index (χ0v) is 13.9. The predicted octanol–water partition coefficient (Wildman–Crippen LogP) is 2.50. The Morgan fingerprint density at radius 1 is 0.792 bits per heavy atom. The third kappa shape index (κ3) is 2.75. The maximum Gasteiger partial charge on any atom is 0.296 e. The summed E-state index contributed by atoms with van der Waals surface area (Å²) in [6.07, 6.45) is 0. The van der Waals surface area contributed by atoms with Crippen molar-refractivity contribution in [3.8, 4) is 0 Å². The van der Waals surface area contributed by atoms with Crippen molar-refractivity contribution in [3.63, 3.8) is 0 Å². The molecular weight excluding hydrogens is 350 g/mol. The van der Waals surface area contributed by atoms with E-state index in [1.54, 1.807) is 18.2 Å². The molecule has 0 saturated heterocycles. The van der Waals surface area contributed by atoms with Crippen LogP contribution in [0.5, 0.6) is 0 Å². The molecule has 124 valence electrons. The van der Waals surface area contributed by atoms with E-state index in [0.717, 1.165) is 0 Å². The monoisotopic (exact) mass is 363 g/mol. The lowest BCUT2D eigenvalue weighted by Gasteiger charge is -2.12. The van der Waals surface area contributed by atoms with E-state index in [1.165, 1.54) is 42.5 Å². The first kappa shape index (κ1) is 16.4. The summed E-state index contributed by atoms with van der Waals surface area (Å²) in [5.41, 5.74) is 5.93. The highest BCUT2D eigenvalue weighted by molar-refractivity contribution is 7.93. The van der Waals surface area contributed by atoms with Crippen molar-refractivity contribution >= 4 is 36.4 Å². The van der Waals surface area contributed by atoms with Crippen LogP contribution in [0.25, 0.3) is 10.8 Å². The van der Waals surface area contributed by atoms with Gasteiger partial charge in [-0.15, -0.1) is 0 Å². The number of hydrogen-bond donors (Lipinski definition) is 2. The molecule has 0 unspecified atom stereocenters. The lowest BCUT2D eigenvalue weighted by atomic mass is 10.1. The van der Waals surface area contributed by atoms with Gasteiger partial charge in [-0.2, -0.15) is 8.42 Å². The van der Waals surface area contributed by atoms with Crippen LogP contribution >= 0.6 is 0 Å².